The zero-order valence-corrected chi connectivity index (χ0v) is 22.1. The van der Waals surface area contributed by atoms with Crippen molar-refractivity contribution in [3.8, 4) is 0 Å². The van der Waals surface area contributed by atoms with Crippen molar-refractivity contribution in [2.75, 3.05) is 18.9 Å². The quantitative estimate of drug-likeness (QED) is 0.278. The van der Waals surface area contributed by atoms with Crippen LogP contribution in [0.4, 0.5) is 5.69 Å². The molecule has 200 valence electrons. The van der Waals surface area contributed by atoms with Crippen LogP contribution in [0.15, 0.2) is 109 Å². The molecule has 5 rings (SSSR count). The van der Waals surface area contributed by atoms with Crippen LogP contribution in [0.3, 0.4) is 0 Å². The first-order valence-electron chi connectivity index (χ1n) is 13.3. The van der Waals surface area contributed by atoms with Crippen LogP contribution in [-0.2, 0) is 22.6 Å². The Morgan fingerprint density at radius 2 is 1.46 bits per heavy atom. The first-order valence-corrected chi connectivity index (χ1v) is 13.3. The van der Waals surface area contributed by atoms with Crippen molar-refractivity contribution in [1.82, 2.24) is 4.90 Å². The van der Waals surface area contributed by atoms with Gasteiger partial charge in [-0.2, -0.15) is 0 Å². The SMILES string of the molecule is CN(Cc1ccccc1)C[C@@H]1C[C@H](c2ccc(CO)cc2)O[C@H](c2ccc(NC(=O)c3ccccc3)cc2)O1. The molecule has 1 aliphatic rings. The fraction of sp³-hybridized carbons (Fsp3) is 0.242. The Bertz CT molecular complexity index is 1330. The summed E-state index contributed by atoms with van der Waals surface area (Å²) < 4.78 is 12.9. The Morgan fingerprint density at radius 1 is 0.821 bits per heavy atom. The zero-order valence-electron chi connectivity index (χ0n) is 22.1. The Morgan fingerprint density at radius 3 is 2.13 bits per heavy atom. The van der Waals surface area contributed by atoms with Gasteiger partial charge in [0.25, 0.3) is 5.91 Å². The van der Waals surface area contributed by atoms with Gasteiger partial charge in [0.15, 0.2) is 6.29 Å². The predicted octanol–water partition coefficient (Wildman–Crippen LogP) is 6.11. The minimum Gasteiger partial charge on any atom is -0.392 e. The fourth-order valence-corrected chi connectivity index (χ4v) is 4.86. The van der Waals surface area contributed by atoms with Crippen LogP contribution in [0.1, 0.15) is 51.4 Å². The van der Waals surface area contributed by atoms with E-state index in [1.807, 2.05) is 72.8 Å². The highest BCUT2D eigenvalue weighted by molar-refractivity contribution is 6.04. The van der Waals surface area contributed by atoms with Crippen molar-refractivity contribution in [3.05, 3.63) is 137 Å². The number of likely N-dealkylation sites (N-methyl/N-ethyl adjacent to an activating group) is 1. The van der Waals surface area contributed by atoms with Crippen molar-refractivity contribution in [3.63, 3.8) is 0 Å². The van der Waals surface area contributed by atoms with Gasteiger partial charge in [0.2, 0.25) is 0 Å². The van der Waals surface area contributed by atoms with Gasteiger partial charge in [-0.1, -0.05) is 84.9 Å². The molecule has 0 aliphatic carbocycles. The van der Waals surface area contributed by atoms with Crippen molar-refractivity contribution < 1.29 is 19.4 Å². The Hall–Kier alpha value is -3.81. The average molecular weight is 523 g/mol. The van der Waals surface area contributed by atoms with E-state index in [1.165, 1.54) is 5.56 Å². The molecule has 3 atom stereocenters. The van der Waals surface area contributed by atoms with Gasteiger partial charge in [-0.05, 0) is 48.0 Å². The number of anilines is 1. The summed E-state index contributed by atoms with van der Waals surface area (Å²) in [5.74, 6) is -0.151. The van der Waals surface area contributed by atoms with Crippen LogP contribution in [-0.4, -0.2) is 35.6 Å². The van der Waals surface area contributed by atoms with Gasteiger partial charge in [0, 0.05) is 36.3 Å². The third kappa shape index (κ3) is 7.19. The van der Waals surface area contributed by atoms with Crippen molar-refractivity contribution >= 4 is 11.6 Å². The number of carbonyl (C=O) groups is 1. The summed E-state index contributed by atoms with van der Waals surface area (Å²) in [5, 5.41) is 12.4. The number of rotatable bonds is 9. The molecule has 6 nitrogen and oxygen atoms in total. The summed E-state index contributed by atoms with van der Waals surface area (Å²) >= 11 is 0. The van der Waals surface area contributed by atoms with E-state index in [2.05, 4.69) is 41.5 Å². The summed E-state index contributed by atoms with van der Waals surface area (Å²) in [7, 11) is 2.11. The minimum atomic E-state index is -0.546. The number of benzene rings is 4. The lowest BCUT2D eigenvalue weighted by Gasteiger charge is -2.38. The lowest BCUT2D eigenvalue weighted by Crippen LogP contribution is -2.37. The third-order valence-corrected chi connectivity index (χ3v) is 6.90. The molecular formula is C33H34N2O4. The minimum absolute atomic E-state index is 0.0115. The van der Waals surface area contributed by atoms with E-state index < -0.39 is 6.29 Å². The lowest BCUT2D eigenvalue weighted by molar-refractivity contribution is -0.252. The highest BCUT2D eigenvalue weighted by Crippen LogP contribution is 2.38. The first kappa shape index (κ1) is 26.8. The number of carbonyl (C=O) groups excluding carboxylic acids is 1. The maximum atomic E-state index is 12.5. The summed E-state index contributed by atoms with van der Waals surface area (Å²) in [6, 6.07) is 35.1. The maximum absolute atomic E-state index is 12.5. The molecule has 0 bridgehead atoms. The summed E-state index contributed by atoms with van der Waals surface area (Å²) in [6.07, 6.45) is -0.0175. The molecule has 0 spiro atoms. The highest BCUT2D eigenvalue weighted by atomic mass is 16.7. The van der Waals surface area contributed by atoms with Crippen molar-refractivity contribution in [2.24, 2.45) is 0 Å². The zero-order chi connectivity index (χ0) is 27.0. The van der Waals surface area contributed by atoms with Crippen LogP contribution in [0, 0.1) is 0 Å². The number of amides is 1. The number of nitrogens with zero attached hydrogens (tertiary/aromatic N) is 1. The fourth-order valence-electron chi connectivity index (χ4n) is 4.86. The average Bonchev–Trinajstić information content (AvgIpc) is 2.98. The second kappa shape index (κ2) is 12.8. The van der Waals surface area contributed by atoms with Gasteiger partial charge in [-0.3, -0.25) is 9.69 Å². The lowest BCUT2D eigenvalue weighted by atomic mass is 9.99. The molecule has 4 aromatic rings. The van der Waals surface area contributed by atoms with Crippen molar-refractivity contribution in [1.29, 1.82) is 0 Å². The largest absolute Gasteiger partial charge is 0.392 e. The molecule has 0 radical (unpaired) electrons. The molecular weight excluding hydrogens is 488 g/mol. The van der Waals surface area contributed by atoms with Gasteiger partial charge in [-0.15, -0.1) is 0 Å². The summed E-state index contributed by atoms with van der Waals surface area (Å²) in [4.78, 5) is 14.8. The van der Waals surface area contributed by atoms with E-state index in [-0.39, 0.29) is 24.7 Å². The van der Waals surface area contributed by atoms with Crippen LogP contribution in [0.5, 0.6) is 0 Å². The van der Waals surface area contributed by atoms with E-state index >= 15 is 0 Å². The van der Waals surface area contributed by atoms with E-state index in [4.69, 9.17) is 9.47 Å². The number of hydrogen-bond acceptors (Lipinski definition) is 5. The molecule has 6 heteroatoms. The first-order chi connectivity index (χ1) is 19.1. The standard InChI is InChI=1S/C33H34N2O4/c1-35(21-24-8-4-2-5-9-24)22-30-20-31(26-14-12-25(23-36)13-15-26)39-33(38-30)28-16-18-29(19-17-28)34-32(37)27-10-6-3-7-11-27/h2-19,30-31,33,36H,20-23H2,1H3,(H,34,37)/t30-,31+,33+/m0/s1. The van der Waals surface area contributed by atoms with Crippen LogP contribution >= 0.6 is 0 Å². The van der Waals surface area contributed by atoms with Gasteiger partial charge >= 0.3 is 0 Å². The van der Waals surface area contributed by atoms with Gasteiger partial charge in [0.05, 0.1) is 18.8 Å². The second-order valence-electron chi connectivity index (χ2n) is 9.97. The molecule has 1 aliphatic heterocycles. The van der Waals surface area contributed by atoms with Gasteiger partial charge in [0.1, 0.15) is 0 Å². The molecule has 1 amide bonds. The van der Waals surface area contributed by atoms with Crippen LogP contribution < -0.4 is 5.32 Å². The summed E-state index contributed by atoms with van der Waals surface area (Å²) in [5.41, 5.74) is 5.39. The number of ether oxygens (including phenoxy) is 2. The van der Waals surface area contributed by atoms with E-state index in [0.717, 1.165) is 36.2 Å². The number of hydrogen-bond donors (Lipinski definition) is 2. The molecule has 4 aromatic carbocycles. The Balaban J connectivity index is 1.30. The maximum Gasteiger partial charge on any atom is 0.255 e. The molecule has 39 heavy (non-hydrogen) atoms. The van der Waals surface area contributed by atoms with E-state index in [9.17, 15) is 9.90 Å². The molecule has 1 fully saturated rings. The molecule has 0 unspecified atom stereocenters. The van der Waals surface area contributed by atoms with Crippen molar-refractivity contribution in [2.45, 2.75) is 38.1 Å². The normalized spacial score (nSPS) is 19.1. The van der Waals surface area contributed by atoms with Crippen LogP contribution in [0.25, 0.3) is 0 Å². The molecule has 0 saturated carbocycles. The van der Waals surface area contributed by atoms with E-state index in [1.54, 1.807) is 12.1 Å². The van der Waals surface area contributed by atoms with Gasteiger partial charge in [-0.25, -0.2) is 0 Å². The molecule has 0 aromatic heterocycles. The molecule has 1 heterocycles. The topological polar surface area (TPSA) is 71.0 Å². The molecule has 1 saturated heterocycles. The van der Waals surface area contributed by atoms with Crippen LogP contribution in [0.2, 0.25) is 0 Å². The van der Waals surface area contributed by atoms with Gasteiger partial charge < -0.3 is 19.9 Å². The molecule has 2 N–H and O–H groups in total. The number of aliphatic hydroxyl groups excluding tert-OH is 1. The number of aliphatic hydroxyl groups is 1. The summed E-state index contributed by atoms with van der Waals surface area (Å²) in [6.45, 7) is 1.60. The Labute approximate surface area is 229 Å². The second-order valence-corrected chi connectivity index (χ2v) is 9.97. The monoisotopic (exact) mass is 522 g/mol. The Kier molecular flexibility index (Phi) is 8.81. The van der Waals surface area contributed by atoms with E-state index in [0.29, 0.717) is 11.3 Å². The highest BCUT2D eigenvalue weighted by Gasteiger charge is 2.32. The smallest absolute Gasteiger partial charge is 0.255 e. The predicted molar refractivity (Wildman–Crippen MR) is 152 cm³/mol. The third-order valence-electron chi connectivity index (χ3n) is 6.90. The number of nitrogens with one attached hydrogen (secondary N) is 1.